The van der Waals surface area contributed by atoms with Gasteiger partial charge in [0.15, 0.2) is 0 Å². The van der Waals surface area contributed by atoms with Crippen LogP contribution in [0.3, 0.4) is 0 Å². The largest absolute Gasteiger partial charge is 0.393 e. The zero-order valence-electron chi connectivity index (χ0n) is 5.30. The summed E-state index contributed by atoms with van der Waals surface area (Å²) in [6, 6.07) is 0. The topological polar surface area (TPSA) is 20.2 Å². The highest BCUT2D eigenvalue weighted by molar-refractivity contribution is 4.84. The molecule has 0 spiro atoms. The van der Waals surface area contributed by atoms with E-state index in [2.05, 4.69) is 6.92 Å². The maximum Gasteiger partial charge on any atom is 0.0597 e. The molecule has 0 aliphatic heterocycles. The Morgan fingerprint density at radius 2 is 2.38 bits per heavy atom. The van der Waals surface area contributed by atoms with Crippen LogP contribution in [0.15, 0.2) is 0 Å². The summed E-state index contributed by atoms with van der Waals surface area (Å²) in [4.78, 5) is 0. The second-order valence-corrected chi connectivity index (χ2v) is 2.63. The van der Waals surface area contributed by atoms with Crippen LogP contribution in [0, 0.1) is 12.3 Å². The molecule has 1 aliphatic rings. The Morgan fingerprint density at radius 3 is 2.75 bits per heavy atom. The molecule has 8 heavy (non-hydrogen) atoms. The highest BCUT2D eigenvalue weighted by atomic mass is 16.3. The highest BCUT2D eigenvalue weighted by Crippen LogP contribution is 2.22. The average molecular weight is 113 g/mol. The standard InChI is InChI=1S/C7H13O/c1-6-4-2-3-5-7(6)8/h5-8H,2-4H2,1H3/t6-,7+/m0/s1. The first-order valence-electron chi connectivity index (χ1n) is 3.32. The van der Waals surface area contributed by atoms with Crippen LogP contribution in [0.2, 0.25) is 0 Å². The first kappa shape index (κ1) is 6.09. The predicted octanol–water partition coefficient (Wildman–Crippen LogP) is 1.37. The molecule has 0 aromatic carbocycles. The van der Waals surface area contributed by atoms with Crippen LogP contribution < -0.4 is 0 Å². The van der Waals surface area contributed by atoms with Gasteiger partial charge in [0.05, 0.1) is 6.10 Å². The lowest BCUT2D eigenvalue weighted by atomic mass is 9.88. The van der Waals surface area contributed by atoms with Crippen LogP contribution in [0.4, 0.5) is 0 Å². The zero-order chi connectivity index (χ0) is 5.98. The van der Waals surface area contributed by atoms with Gasteiger partial charge in [-0.3, -0.25) is 0 Å². The van der Waals surface area contributed by atoms with Crippen LogP contribution >= 0.6 is 0 Å². The van der Waals surface area contributed by atoms with Gasteiger partial charge in [-0.05, 0) is 25.2 Å². The van der Waals surface area contributed by atoms with Gasteiger partial charge >= 0.3 is 0 Å². The van der Waals surface area contributed by atoms with Crippen LogP contribution in [0.25, 0.3) is 0 Å². The van der Waals surface area contributed by atoms with Crippen molar-refractivity contribution in [3.63, 3.8) is 0 Å². The van der Waals surface area contributed by atoms with Gasteiger partial charge in [-0.15, -0.1) is 0 Å². The first-order chi connectivity index (χ1) is 3.80. The lowest BCUT2D eigenvalue weighted by Gasteiger charge is -2.22. The van der Waals surface area contributed by atoms with Gasteiger partial charge in [-0.1, -0.05) is 13.3 Å². The molecule has 1 N–H and O–H groups in total. The van der Waals surface area contributed by atoms with Crippen molar-refractivity contribution in [3.05, 3.63) is 6.42 Å². The predicted molar refractivity (Wildman–Crippen MR) is 33.3 cm³/mol. The van der Waals surface area contributed by atoms with E-state index in [1.807, 2.05) is 6.42 Å². The fourth-order valence-corrected chi connectivity index (χ4v) is 1.13. The number of aliphatic hydroxyl groups excluding tert-OH is 1. The van der Waals surface area contributed by atoms with Crippen LogP contribution in [0.5, 0.6) is 0 Å². The number of hydrogen-bond donors (Lipinski definition) is 1. The molecule has 1 radical (unpaired) electrons. The Bertz CT molecular complexity index is 60.8. The van der Waals surface area contributed by atoms with E-state index in [0.717, 1.165) is 6.42 Å². The summed E-state index contributed by atoms with van der Waals surface area (Å²) in [6.45, 7) is 2.10. The SMILES string of the molecule is C[C@H]1CCC[CH][C@H]1O. The zero-order valence-corrected chi connectivity index (χ0v) is 5.30. The molecule has 2 atom stereocenters. The molecular formula is C7H13O. The Kier molecular flexibility index (Phi) is 1.90. The molecule has 0 bridgehead atoms. The molecule has 1 fully saturated rings. The first-order valence-corrected chi connectivity index (χ1v) is 3.32. The summed E-state index contributed by atoms with van der Waals surface area (Å²) in [7, 11) is 0. The van der Waals surface area contributed by atoms with Crippen LogP contribution in [-0.4, -0.2) is 11.2 Å². The van der Waals surface area contributed by atoms with E-state index < -0.39 is 0 Å². The van der Waals surface area contributed by atoms with Gasteiger partial charge in [0.1, 0.15) is 0 Å². The molecule has 0 amide bonds. The number of rotatable bonds is 0. The van der Waals surface area contributed by atoms with Crippen molar-refractivity contribution in [2.75, 3.05) is 0 Å². The molecule has 1 heteroatoms. The van der Waals surface area contributed by atoms with E-state index in [9.17, 15) is 0 Å². The fourth-order valence-electron chi connectivity index (χ4n) is 1.13. The van der Waals surface area contributed by atoms with Crippen molar-refractivity contribution in [2.24, 2.45) is 5.92 Å². The van der Waals surface area contributed by atoms with Crippen molar-refractivity contribution >= 4 is 0 Å². The Labute approximate surface area is 50.7 Å². The van der Waals surface area contributed by atoms with Gasteiger partial charge in [0.2, 0.25) is 0 Å². The average Bonchev–Trinajstić information content (AvgIpc) is 1.77. The van der Waals surface area contributed by atoms with Crippen LogP contribution in [-0.2, 0) is 0 Å². The number of aliphatic hydroxyl groups is 1. The highest BCUT2D eigenvalue weighted by Gasteiger charge is 2.17. The van der Waals surface area contributed by atoms with Gasteiger partial charge in [0, 0.05) is 0 Å². The quantitative estimate of drug-likeness (QED) is 0.503. The van der Waals surface area contributed by atoms with Gasteiger partial charge in [0.25, 0.3) is 0 Å². The van der Waals surface area contributed by atoms with Crippen molar-refractivity contribution in [3.8, 4) is 0 Å². The third-order valence-electron chi connectivity index (χ3n) is 1.85. The van der Waals surface area contributed by atoms with E-state index in [1.54, 1.807) is 0 Å². The van der Waals surface area contributed by atoms with Crippen molar-refractivity contribution < 1.29 is 5.11 Å². The summed E-state index contributed by atoms with van der Waals surface area (Å²) in [5, 5.41) is 9.12. The van der Waals surface area contributed by atoms with Crippen LogP contribution in [0.1, 0.15) is 26.2 Å². The monoisotopic (exact) mass is 113 g/mol. The Hall–Kier alpha value is -0.0400. The minimum atomic E-state index is -0.122. The molecule has 1 saturated carbocycles. The smallest absolute Gasteiger partial charge is 0.0597 e. The summed E-state index contributed by atoms with van der Waals surface area (Å²) in [6.07, 6.45) is 5.44. The number of hydrogen-bond acceptors (Lipinski definition) is 1. The van der Waals surface area contributed by atoms with E-state index in [1.165, 1.54) is 12.8 Å². The minimum Gasteiger partial charge on any atom is -0.393 e. The van der Waals surface area contributed by atoms with Crippen molar-refractivity contribution in [1.29, 1.82) is 0 Å². The minimum absolute atomic E-state index is 0.122. The molecule has 47 valence electrons. The third-order valence-corrected chi connectivity index (χ3v) is 1.85. The van der Waals surface area contributed by atoms with Crippen molar-refractivity contribution in [2.45, 2.75) is 32.3 Å². The summed E-state index contributed by atoms with van der Waals surface area (Å²) >= 11 is 0. The van der Waals surface area contributed by atoms with Gasteiger partial charge in [-0.2, -0.15) is 0 Å². The molecule has 0 saturated heterocycles. The maximum absolute atomic E-state index is 9.12. The molecule has 1 nitrogen and oxygen atoms in total. The molecule has 0 aromatic rings. The second kappa shape index (κ2) is 2.49. The van der Waals surface area contributed by atoms with E-state index in [4.69, 9.17) is 5.11 Å². The second-order valence-electron chi connectivity index (χ2n) is 2.63. The Balaban J connectivity index is 2.28. The molecule has 1 aliphatic carbocycles. The maximum atomic E-state index is 9.12. The van der Waals surface area contributed by atoms with E-state index in [0.29, 0.717) is 5.92 Å². The third kappa shape index (κ3) is 1.22. The lowest BCUT2D eigenvalue weighted by molar-refractivity contribution is 0.121. The van der Waals surface area contributed by atoms with Gasteiger partial charge < -0.3 is 5.11 Å². The molecular weight excluding hydrogens is 100 g/mol. The van der Waals surface area contributed by atoms with Crippen molar-refractivity contribution in [1.82, 2.24) is 0 Å². The molecule has 0 aromatic heterocycles. The normalized spacial score (nSPS) is 39.8. The molecule has 0 unspecified atom stereocenters. The molecule has 0 heterocycles. The molecule has 1 rings (SSSR count). The summed E-state index contributed by atoms with van der Waals surface area (Å²) in [5.41, 5.74) is 0. The Morgan fingerprint density at radius 1 is 1.62 bits per heavy atom. The summed E-state index contributed by atoms with van der Waals surface area (Å²) < 4.78 is 0. The van der Waals surface area contributed by atoms with E-state index >= 15 is 0 Å². The van der Waals surface area contributed by atoms with Gasteiger partial charge in [-0.25, -0.2) is 0 Å². The van der Waals surface area contributed by atoms with E-state index in [-0.39, 0.29) is 6.10 Å². The lowest BCUT2D eigenvalue weighted by Crippen LogP contribution is -2.21. The fraction of sp³-hybridized carbons (Fsp3) is 0.857. The summed E-state index contributed by atoms with van der Waals surface area (Å²) in [5.74, 6) is 0.503.